The van der Waals surface area contributed by atoms with Crippen LogP contribution in [0.3, 0.4) is 0 Å². The van der Waals surface area contributed by atoms with Crippen LogP contribution in [0.1, 0.15) is 5.56 Å². The van der Waals surface area contributed by atoms with Crippen molar-refractivity contribution in [3.63, 3.8) is 0 Å². The van der Waals surface area contributed by atoms with Crippen molar-refractivity contribution >= 4 is 35.0 Å². The predicted octanol–water partition coefficient (Wildman–Crippen LogP) is 5.93. The molecule has 0 radical (unpaired) electrons. The van der Waals surface area contributed by atoms with Gasteiger partial charge in [-0.05, 0) is 42.5 Å². The van der Waals surface area contributed by atoms with Crippen LogP contribution >= 0.6 is 23.4 Å². The number of alkyl halides is 3. The van der Waals surface area contributed by atoms with Gasteiger partial charge in [0.05, 0.1) is 28.3 Å². The van der Waals surface area contributed by atoms with Crippen LogP contribution in [0.4, 0.5) is 18.9 Å². The van der Waals surface area contributed by atoms with Crippen LogP contribution in [-0.4, -0.2) is 26.4 Å². The molecule has 0 aliphatic heterocycles. The molecule has 4 aromatic rings. The van der Waals surface area contributed by atoms with Gasteiger partial charge in [0.15, 0.2) is 10.9 Å². The fourth-order valence-corrected chi connectivity index (χ4v) is 3.77. The summed E-state index contributed by atoms with van der Waals surface area (Å²) in [5.41, 5.74) is -0.266. The van der Waals surface area contributed by atoms with E-state index in [2.05, 4.69) is 15.5 Å². The first-order valence-corrected chi connectivity index (χ1v) is 10.5. The van der Waals surface area contributed by atoms with Crippen LogP contribution in [0.25, 0.3) is 17.3 Å². The second-order valence-electron chi connectivity index (χ2n) is 6.48. The Kier molecular flexibility index (Phi) is 6.24. The molecule has 0 spiro atoms. The van der Waals surface area contributed by atoms with E-state index in [1.54, 1.807) is 16.7 Å². The van der Waals surface area contributed by atoms with Gasteiger partial charge >= 0.3 is 6.18 Å². The lowest BCUT2D eigenvalue weighted by molar-refractivity contribution is -0.137. The predicted molar refractivity (Wildman–Crippen MR) is 115 cm³/mol. The van der Waals surface area contributed by atoms with Crippen molar-refractivity contribution in [2.75, 3.05) is 11.1 Å². The molecule has 1 N–H and O–H groups in total. The molecular weight excluding hydrogens is 465 g/mol. The Morgan fingerprint density at radius 2 is 1.88 bits per heavy atom. The second kappa shape index (κ2) is 9.09. The second-order valence-corrected chi connectivity index (χ2v) is 7.83. The fourth-order valence-electron chi connectivity index (χ4n) is 2.85. The van der Waals surface area contributed by atoms with Crippen molar-refractivity contribution < 1.29 is 22.4 Å². The Hall–Kier alpha value is -3.24. The molecule has 164 valence electrons. The number of benzene rings is 2. The molecule has 2 aromatic carbocycles. The third-order valence-electron chi connectivity index (χ3n) is 4.29. The first kappa shape index (κ1) is 22.0. The van der Waals surface area contributed by atoms with Gasteiger partial charge in [0.1, 0.15) is 0 Å². The van der Waals surface area contributed by atoms with E-state index in [0.717, 1.165) is 35.6 Å². The monoisotopic (exact) mass is 478 g/mol. The Morgan fingerprint density at radius 3 is 2.56 bits per heavy atom. The number of hydrogen-bond donors (Lipinski definition) is 1. The largest absolute Gasteiger partial charge is 0.461 e. The SMILES string of the molecule is O=C(CSc1nnc(-c2ccco2)n1-c1ccccc1)Nc1cc(C(F)(F)F)ccc1Cl. The zero-order valence-corrected chi connectivity index (χ0v) is 17.7. The number of carbonyl (C=O) groups excluding carboxylic acids is 1. The summed E-state index contributed by atoms with van der Waals surface area (Å²) >= 11 is 7.02. The number of anilines is 1. The lowest BCUT2D eigenvalue weighted by atomic mass is 10.2. The van der Waals surface area contributed by atoms with Gasteiger partial charge in [0.2, 0.25) is 11.7 Å². The zero-order valence-electron chi connectivity index (χ0n) is 16.1. The fraction of sp³-hybridized carbons (Fsp3) is 0.0952. The number of nitrogens with zero attached hydrogens (tertiary/aromatic N) is 3. The Bertz CT molecular complexity index is 1230. The van der Waals surface area contributed by atoms with Gasteiger partial charge in [-0.2, -0.15) is 13.2 Å². The number of hydrogen-bond acceptors (Lipinski definition) is 5. The highest BCUT2D eigenvalue weighted by atomic mass is 35.5. The van der Waals surface area contributed by atoms with E-state index in [1.165, 1.54) is 6.26 Å². The van der Waals surface area contributed by atoms with Crippen LogP contribution in [0.15, 0.2) is 76.5 Å². The summed E-state index contributed by atoms with van der Waals surface area (Å²) in [6.45, 7) is 0. The van der Waals surface area contributed by atoms with Gasteiger partial charge in [-0.15, -0.1) is 10.2 Å². The van der Waals surface area contributed by atoms with Crippen LogP contribution in [-0.2, 0) is 11.0 Å². The van der Waals surface area contributed by atoms with E-state index in [-0.39, 0.29) is 16.5 Å². The number of rotatable bonds is 6. The smallest absolute Gasteiger partial charge is 0.416 e. The Morgan fingerprint density at radius 1 is 1.09 bits per heavy atom. The van der Waals surface area contributed by atoms with Gasteiger partial charge < -0.3 is 9.73 Å². The average molecular weight is 479 g/mol. The number of aromatic nitrogens is 3. The maximum Gasteiger partial charge on any atom is 0.416 e. The quantitative estimate of drug-likeness (QED) is 0.348. The van der Waals surface area contributed by atoms with Crippen molar-refractivity contribution in [2.45, 2.75) is 11.3 Å². The third kappa shape index (κ3) is 4.81. The van der Waals surface area contributed by atoms with E-state index >= 15 is 0 Å². The van der Waals surface area contributed by atoms with Gasteiger partial charge in [0.25, 0.3) is 0 Å². The van der Waals surface area contributed by atoms with Crippen molar-refractivity contribution in [1.82, 2.24) is 14.8 Å². The summed E-state index contributed by atoms with van der Waals surface area (Å²) in [6.07, 6.45) is -3.04. The molecule has 2 aromatic heterocycles. The first-order valence-electron chi connectivity index (χ1n) is 9.17. The van der Waals surface area contributed by atoms with Crippen LogP contribution < -0.4 is 5.32 Å². The maximum absolute atomic E-state index is 12.9. The Labute approximate surface area is 189 Å². The standard InChI is InChI=1S/C21H14ClF3N4O2S/c22-15-9-8-13(21(23,24)25)11-16(15)26-18(30)12-32-20-28-27-19(17-7-4-10-31-17)29(20)14-5-2-1-3-6-14/h1-11H,12H2,(H,26,30). The zero-order chi connectivity index (χ0) is 22.7. The summed E-state index contributed by atoms with van der Waals surface area (Å²) in [4.78, 5) is 12.4. The number of furan rings is 1. The highest BCUT2D eigenvalue weighted by Gasteiger charge is 2.31. The molecule has 0 atom stereocenters. The number of halogens is 4. The van der Waals surface area contributed by atoms with E-state index in [4.69, 9.17) is 16.0 Å². The van der Waals surface area contributed by atoms with Gasteiger partial charge in [-0.1, -0.05) is 41.6 Å². The highest BCUT2D eigenvalue weighted by Crippen LogP contribution is 2.34. The lowest BCUT2D eigenvalue weighted by Gasteiger charge is -2.12. The van der Waals surface area contributed by atoms with Crippen molar-refractivity contribution in [1.29, 1.82) is 0 Å². The molecule has 0 saturated heterocycles. The van der Waals surface area contributed by atoms with Crippen molar-refractivity contribution in [3.05, 3.63) is 77.5 Å². The number of para-hydroxylation sites is 1. The summed E-state index contributed by atoms with van der Waals surface area (Å²) in [6, 6.07) is 15.4. The molecule has 1 amide bonds. The topological polar surface area (TPSA) is 73.0 Å². The first-order chi connectivity index (χ1) is 15.3. The van der Waals surface area contributed by atoms with Crippen LogP contribution in [0, 0.1) is 0 Å². The third-order valence-corrected chi connectivity index (χ3v) is 5.55. The number of carbonyl (C=O) groups is 1. The molecule has 4 rings (SSSR count). The molecule has 0 aliphatic rings. The van der Waals surface area contributed by atoms with E-state index in [1.807, 2.05) is 30.3 Å². The van der Waals surface area contributed by atoms with Gasteiger partial charge in [0, 0.05) is 5.69 Å². The maximum atomic E-state index is 12.9. The van der Waals surface area contributed by atoms with Crippen molar-refractivity contribution in [3.8, 4) is 17.3 Å². The minimum atomic E-state index is -4.55. The molecule has 6 nitrogen and oxygen atoms in total. The highest BCUT2D eigenvalue weighted by molar-refractivity contribution is 7.99. The minimum Gasteiger partial charge on any atom is -0.461 e. The Balaban J connectivity index is 1.54. The van der Waals surface area contributed by atoms with Crippen LogP contribution in [0.5, 0.6) is 0 Å². The lowest BCUT2D eigenvalue weighted by Crippen LogP contribution is -2.16. The summed E-state index contributed by atoms with van der Waals surface area (Å²) in [7, 11) is 0. The summed E-state index contributed by atoms with van der Waals surface area (Å²) in [5.74, 6) is 0.271. The molecule has 0 fully saturated rings. The van der Waals surface area contributed by atoms with Crippen LogP contribution in [0.2, 0.25) is 5.02 Å². The number of nitrogens with one attached hydrogen (secondary N) is 1. The molecular formula is C21H14ClF3N4O2S. The summed E-state index contributed by atoms with van der Waals surface area (Å²) in [5, 5.41) is 11.2. The van der Waals surface area contributed by atoms with Crippen molar-refractivity contribution in [2.24, 2.45) is 0 Å². The molecule has 0 bridgehead atoms. The van der Waals surface area contributed by atoms with E-state index < -0.39 is 17.6 Å². The van der Waals surface area contributed by atoms with E-state index in [9.17, 15) is 18.0 Å². The average Bonchev–Trinajstić information content (AvgIpc) is 3.43. The number of thioether (sulfide) groups is 1. The normalized spacial score (nSPS) is 11.5. The van der Waals surface area contributed by atoms with Gasteiger partial charge in [-0.3, -0.25) is 9.36 Å². The molecule has 11 heteroatoms. The molecule has 0 aliphatic carbocycles. The van der Waals surface area contributed by atoms with Gasteiger partial charge in [-0.25, -0.2) is 0 Å². The summed E-state index contributed by atoms with van der Waals surface area (Å²) < 4.78 is 46.0. The number of amides is 1. The molecule has 2 heterocycles. The minimum absolute atomic E-state index is 0.00362. The van der Waals surface area contributed by atoms with E-state index in [0.29, 0.717) is 16.7 Å². The molecule has 0 saturated carbocycles. The molecule has 0 unspecified atom stereocenters. The molecule has 32 heavy (non-hydrogen) atoms.